The normalized spacial score (nSPS) is 18.1. The van der Waals surface area contributed by atoms with Gasteiger partial charge in [-0.15, -0.1) is 0 Å². The van der Waals surface area contributed by atoms with Gasteiger partial charge in [0, 0.05) is 23.1 Å². The van der Waals surface area contributed by atoms with E-state index in [0.717, 1.165) is 32.0 Å². The summed E-state index contributed by atoms with van der Waals surface area (Å²) in [5.41, 5.74) is 0. The summed E-state index contributed by atoms with van der Waals surface area (Å²) in [7, 11) is -4.03. The van der Waals surface area contributed by atoms with E-state index in [-0.39, 0.29) is 17.1 Å². The van der Waals surface area contributed by atoms with E-state index >= 15 is 0 Å². The first-order valence-electron chi connectivity index (χ1n) is 6.69. The van der Waals surface area contributed by atoms with E-state index in [9.17, 15) is 17.2 Å². The number of benzene rings is 1. The summed E-state index contributed by atoms with van der Waals surface area (Å²) in [6.45, 7) is 3.99. The summed E-state index contributed by atoms with van der Waals surface area (Å²) in [4.78, 5) is 1.62. The highest BCUT2D eigenvalue weighted by molar-refractivity contribution is 9.10. The fourth-order valence-electron chi connectivity index (χ4n) is 2.40. The summed E-state index contributed by atoms with van der Waals surface area (Å²) in [6, 6.07) is 1.52. The molecule has 1 N–H and O–H groups in total. The molecule has 0 amide bonds. The molecule has 1 aromatic rings. The fraction of sp³-hybridized carbons (Fsp3) is 0.538. The molecule has 1 fully saturated rings. The summed E-state index contributed by atoms with van der Waals surface area (Å²) in [5, 5.41) is 0. The predicted molar refractivity (Wildman–Crippen MR) is 79.5 cm³/mol. The van der Waals surface area contributed by atoms with Gasteiger partial charge in [-0.05, 0) is 54.9 Å². The van der Waals surface area contributed by atoms with Crippen LogP contribution in [0.15, 0.2) is 21.5 Å². The van der Waals surface area contributed by atoms with Crippen molar-refractivity contribution in [1.29, 1.82) is 0 Å². The first kappa shape index (κ1) is 16.8. The topological polar surface area (TPSA) is 49.4 Å². The number of nitrogens with one attached hydrogen (secondary N) is 1. The summed E-state index contributed by atoms with van der Waals surface area (Å²) < 4.78 is 53.4. The van der Waals surface area contributed by atoms with Crippen molar-refractivity contribution in [2.75, 3.05) is 19.6 Å². The smallest absolute Gasteiger partial charge is 0.244 e. The average molecular weight is 383 g/mol. The molecule has 1 aliphatic heterocycles. The standard InChI is InChI=1S/C13H17BrF2N2O2S/c1-9(18-4-2-3-5-18)8-17-21(19,20)13-11(14)6-10(15)7-12(13)16/h6-7,9,17H,2-5,8H2,1H3. The number of rotatable bonds is 5. The number of nitrogens with zero attached hydrogens (tertiary/aromatic N) is 1. The van der Waals surface area contributed by atoms with Crippen molar-refractivity contribution in [3.05, 3.63) is 28.2 Å². The fourth-order valence-corrected chi connectivity index (χ4v) is 4.68. The molecule has 2 rings (SSSR count). The van der Waals surface area contributed by atoms with Crippen LogP contribution in [0.5, 0.6) is 0 Å². The zero-order valence-electron chi connectivity index (χ0n) is 11.6. The third kappa shape index (κ3) is 4.00. The van der Waals surface area contributed by atoms with Crippen LogP contribution in [0.25, 0.3) is 0 Å². The second-order valence-electron chi connectivity index (χ2n) is 5.14. The van der Waals surface area contributed by atoms with Gasteiger partial charge in [-0.3, -0.25) is 4.90 Å². The third-order valence-corrected chi connectivity index (χ3v) is 5.95. The Balaban J connectivity index is 2.11. The zero-order chi connectivity index (χ0) is 15.6. The number of hydrogen-bond donors (Lipinski definition) is 1. The minimum atomic E-state index is -4.03. The molecular formula is C13H17BrF2N2O2S. The van der Waals surface area contributed by atoms with Crippen LogP contribution < -0.4 is 4.72 Å². The first-order chi connectivity index (χ1) is 9.81. The van der Waals surface area contributed by atoms with Crippen LogP contribution in [-0.4, -0.2) is 39.0 Å². The van der Waals surface area contributed by atoms with Gasteiger partial charge in [0.1, 0.15) is 16.5 Å². The molecule has 1 aliphatic rings. The van der Waals surface area contributed by atoms with Gasteiger partial charge in [-0.1, -0.05) is 0 Å². The minimum absolute atomic E-state index is 0.0320. The summed E-state index contributed by atoms with van der Waals surface area (Å²) >= 11 is 2.90. The molecule has 8 heteroatoms. The number of sulfonamides is 1. The SMILES string of the molecule is CC(CNS(=O)(=O)c1c(F)cc(F)cc1Br)N1CCCC1. The van der Waals surface area contributed by atoms with Gasteiger partial charge >= 0.3 is 0 Å². The van der Waals surface area contributed by atoms with Gasteiger partial charge in [0.15, 0.2) is 0 Å². The summed E-state index contributed by atoms with van der Waals surface area (Å²) in [5.74, 6) is -1.94. The second kappa shape index (κ2) is 6.68. The highest BCUT2D eigenvalue weighted by Gasteiger charge is 2.25. The molecule has 118 valence electrons. The van der Waals surface area contributed by atoms with Crippen molar-refractivity contribution in [2.45, 2.75) is 30.7 Å². The van der Waals surface area contributed by atoms with E-state index < -0.39 is 26.6 Å². The Morgan fingerprint density at radius 3 is 2.52 bits per heavy atom. The van der Waals surface area contributed by atoms with Crippen LogP contribution in [0.2, 0.25) is 0 Å². The van der Waals surface area contributed by atoms with Gasteiger partial charge in [0.2, 0.25) is 10.0 Å². The summed E-state index contributed by atoms with van der Waals surface area (Å²) in [6.07, 6.45) is 2.21. The van der Waals surface area contributed by atoms with Crippen LogP contribution >= 0.6 is 15.9 Å². The van der Waals surface area contributed by atoms with Crippen molar-refractivity contribution >= 4 is 26.0 Å². The molecule has 1 aromatic carbocycles. The van der Waals surface area contributed by atoms with E-state index in [1.54, 1.807) is 0 Å². The lowest BCUT2D eigenvalue weighted by atomic mass is 10.3. The van der Waals surface area contributed by atoms with Crippen molar-refractivity contribution < 1.29 is 17.2 Å². The Morgan fingerprint density at radius 1 is 1.33 bits per heavy atom. The van der Waals surface area contributed by atoms with Crippen LogP contribution in [-0.2, 0) is 10.0 Å². The van der Waals surface area contributed by atoms with Crippen LogP contribution in [0.1, 0.15) is 19.8 Å². The molecule has 0 aromatic heterocycles. The van der Waals surface area contributed by atoms with Gasteiger partial charge in [-0.2, -0.15) is 0 Å². The quantitative estimate of drug-likeness (QED) is 0.850. The van der Waals surface area contributed by atoms with Crippen LogP contribution in [0.3, 0.4) is 0 Å². The second-order valence-corrected chi connectivity index (χ2v) is 7.70. The molecule has 4 nitrogen and oxygen atoms in total. The lowest BCUT2D eigenvalue weighted by Gasteiger charge is -2.24. The Kier molecular flexibility index (Phi) is 5.34. The highest BCUT2D eigenvalue weighted by Crippen LogP contribution is 2.26. The Hall–Kier alpha value is -0.570. The molecule has 21 heavy (non-hydrogen) atoms. The average Bonchev–Trinajstić information content (AvgIpc) is 2.88. The van der Waals surface area contributed by atoms with Gasteiger partial charge in [0.05, 0.1) is 0 Å². The predicted octanol–water partition coefficient (Wildman–Crippen LogP) is 2.49. The molecule has 0 aliphatic carbocycles. The Bertz CT molecular complexity index is 596. The molecule has 0 radical (unpaired) electrons. The van der Waals surface area contributed by atoms with E-state index in [0.29, 0.717) is 6.07 Å². The molecule has 1 heterocycles. The van der Waals surface area contributed by atoms with E-state index in [1.165, 1.54) is 0 Å². The number of halogens is 3. The number of hydrogen-bond acceptors (Lipinski definition) is 3. The zero-order valence-corrected chi connectivity index (χ0v) is 14.0. The maximum atomic E-state index is 13.7. The van der Waals surface area contributed by atoms with E-state index in [2.05, 4.69) is 25.6 Å². The third-order valence-electron chi connectivity index (χ3n) is 3.56. The highest BCUT2D eigenvalue weighted by atomic mass is 79.9. The van der Waals surface area contributed by atoms with E-state index in [1.807, 2.05) is 6.92 Å². The van der Waals surface area contributed by atoms with Crippen molar-refractivity contribution in [2.24, 2.45) is 0 Å². The lowest BCUT2D eigenvalue weighted by molar-refractivity contribution is 0.260. The van der Waals surface area contributed by atoms with Crippen molar-refractivity contribution in [1.82, 2.24) is 9.62 Å². The lowest BCUT2D eigenvalue weighted by Crippen LogP contribution is -2.40. The number of likely N-dealkylation sites (tertiary alicyclic amines) is 1. The molecule has 1 atom stereocenters. The van der Waals surface area contributed by atoms with Crippen molar-refractivity contribution in [3.63, 3.8) is 0 Å². The maximum Gasteiger partial charge on any atom is 0.244 e. The molecule has 0 bridgehead atoms. The molecule has 0 saturated carbocycles. The Morgan fingerprint density at radius 2 is 1.95 bits per heavy atom. The van der Waals surface area contributed by atoms with Gasteiger partial charge in [-0.25, -0.2) is 21.9 Å². The monoisotopic (exact) mass is 382 g/mol. The van der Waals surface area contributed by atoms with Crippen LogP contribution in [0.4, 0.5) is 8.78 Å². The van der Waals surface area contributed by atoms with Crippen LogP contribution in [0, 0.1) is 11.6 Å². The molecule has 0 spiro atoms. The molecular weight excluding hydrogens is 366 g/mol. The largest absolute Gasteiger partial charge is 0.299 e. The van der Waals surface area contributed by atoms with Crippen molar-refractivity contribution in [3.8, 4) is 0 Å². The molecule has 1 saturated heterocycles. The van der Waals surface area contributed by atoms with Gasteiger partial charge < -0.3 is 0 Å². The van der Waals surface area contributed by atoms with E-state index in [4.69, 9.17) is 0 Å². The Labute approximate surface area is 131 Å². The molecule has 1 unspecified atom stereocenters. The maximum absolute atomic E-state index is 13.7. The van der Waals surface area contributed by atoms with Gasteiger partial charge in [0.25, 0.3) is 0 Å². The first-order valence-corrected chi connectivity index (χ1v) is 8.97. The minimum Gasteiger partial charge on any atom is -0.299 e.